The lowest BCUT2D eigenvalue weighted by atomic mass is 9.92. The Morgan fingerprint density at radius 1 is 0.950 bits per heavy atom. The van der Waals surface area contributed by atoms with Crippen LogP contribution in [-0.2, 0) is 0 Å². The molecule has 0 aromatic carbocycles. The van der Waals surface area contributed by atoms with Gasteiger partial charge in [-0.25, -0.2) is 0 Å². The van der Waals surface area contributed by atoms with Gasteiger partial charge in [0.25, 0.3) is 0 Å². The van der Waals surface area contributed by atoms with Gasteiger partial charge in [0.05, 0.1) is 0 Å². The van der Waals surface area contributed by atoms with Gasteiger partial charge < -0.3 is 5.32 Å². The zero-order chi connectivity index (χ0) is 14.5. The minimum Gasteiger partial charge on any atom is -0.313 e. The van der Waals surface area contributed by atoms with Gasteiger partial charge in [-0.05, 0) is 39.2 Å². The van der Waals surface area contributed by atoms with Gasteiger partial charge in [0.2, 0.25) is 0 Å². The second-order valence-corrected chi connectivity index (χ2v) is 6.48. The third kappa shape index (κ3) is 8.09. The molecule has 1 aliphatic carbocycles. The predicted octanol–water partition coefficient (Wildman–Crippen LogP) is 6.00. The molecule has 1 atom stereocenters. The molecule has 1 heteroatoms. The van der Waals surface area contributed by atoms with Crippen molar-refractivity contribution in [2.45, 2.75) is 103 Å². The fourth-order valence-electron chi connectivity index (χ4n) is 3.35. The van der Waals surface area contributed by atoms with Crippen molar-refractivity contribution in [3.63, 3.8) is 0 Å². The number of nitrogens with one attached hydrogen (secondary N) is 1. The molecule has 1 aliphatic rings. The minimum atomic E-state index is 0.656. The normalized spacial score (nSPS) is 18.2. The summed E-state index contributed by atoms with van der Waals surface area (Å²) < 4.78 is 0. The van der Waals surface area contributed by atoms with Crippen LogP contribution in [0.25, 0.3) is 0 Å². The van der Waals surface area contributed by atoms with Crippen molar-refractivity contribution in [2.24, 2.45) is 0 Å². The van der Waals surface area contributed by atoms with Crippen LogP contribution in [0.5, 0.6) is 0 Å². The van der Waals surface area contributed by atoms with Crippen LogP contribution in [-0.4, -0.2) is 13.1 Å². The molecule has 1 N–H and O–H groups in total. The van der Waals surface area contributed by atoms with Crippen molar-refractivity contribution in [1.29, 1.82) is 0 Å². The average Bonchev–Trinajstić information content (AvgIpc) is 2.43. The molecule has 1 nitrogen and oxygen atoms in total. The Labute approximate surface area is 127 Å². The number of unbranched alkanes of at least 4 members (excludes halogenated alkanes) is 6. The third-order valence-corrected chi connectivity index (χ3v) is 4.72. The molecule has 20 heavy (non-hydrogen) atoms. The molecule has 0 saturated carbocycles. The minimum absolute atomic E-state index is 0.656. The maximum atomic E-state index is 3.56. The summed E-state index contributed by atoms with van der Waals surface area (Å²) in [5, 5.41) is 3.56. The lowest BCUT2D eigenvalue weighted by Crippen LogP contribution is -2.27. The van der Waals surface area contributed by atoms with E-state index in [-0.39, 0.29) is 0 Å². The second-order valence-electron chi connectivity index (χ2n) is 6.48. The van der Waals surface area contributed by atoms with Crippen molar-refractivity contribution in [2.75, 3.05) is 7.05 Å². The summed E-state index contributed by atoms with van der Waals surface area (Å²) in [6, 6.07) is 0.656. The maximum absolute atomic E-state index is 3.56. The summed E-state index contributed by atoms with van der Waals surface area (Å²) in [5.41, 5.74) is 1.71. The molecule has 0 bridgehead atoms. The van der Waals surface area contributed by atoms with E-state index in [4.69, 9.17) is 0 Å². The topological polar surface area (TPSA) is 12.0 Å². The van der Waals surface area contributed by atoms with Crippen LogP contribution in [0.2, 0.25) is 0 Å². The van der Waals surface area contributed by atoms with E-state index >= 15 is 0 Å². The maximum Gasteiger partial charge on any atom is 0.0276 e. The van der Waals surface area contributed by atoms with Gasteiger partial charge in [0.1, 0.15) is 0 Å². The third-order valence-electron chi connectivity index (χ3n) is 4.72. The fourth-order valence-corrected chi connectivity index (χ4v) is 3.35. The van der Waals surface area contributed by atoms with E-state index in [0.29, 0.717) is 6.04 Å². The monoisotopic (exact) mass is 279 g/mol. The second kappa shape index (κ2) is 12.4. The molecule has 0 aliphatic heterocycles. The van der Waals surface area contributed by atoms with E-state index in [1.165, 1.54) is 89.9 Å². The molecule has 0 amide bonds. The summed E-state index contributed by atoms with van der Waals surface area (Å²) in [6.07, 6.45) is 22.1. The van der Waals surface area contributed by atoms with Crippen LogP contribution < -0.4 is 5.32 Å². The van der Waals surface area contributed by atoms with Crippen LogP contribution >= 0.6 is 0 Å². The predicted molar refractivity (Wildman–Crippen MR) is 91.2 cm³/mol. The highest BCUT2D eigenvalue weighted by molar-refractivity contribution is 5.11. The molecule has 0 aromatic heterocycles. The van der Waals surface area contributed by atoms with E-state index in [1.807, 2.05) is 0 Å². The van der Waals surface area contributed by atoms with Gasteiger partial charge in [0, 0.05) is 6.04 Å². The molecule has 0 aromatic rings. The molecule has 0 spiro atoms. The summed E-state index contributed by atoms with van der Waals surface area (Å²) in [5.74, 6) is 0. The number of hydrogen-bond donors (Lipinski definition) is 1. The van der Waals surface area contributed by atoms with Crippen LogP contribution in [0, 0.1) is 0 Å². The first-order chi connectivity index (χ1) is 9.88. The first kappa shape index (κ1) is 17.8. The molecule has 0 fully saturated rings. The highest BCUT2D eigenvalue weighted by Gasteiger charge is 2.12. The van der Waals surface area contributed by atoms with Crippen molar-refractivity contribution in [3.8, 4) is 0 Å². The largest absolute Gasteiger partial charge is 0.313 e. The first-order valence-electron chi connectivity index (χ1n) is 9.24. The Morgan fingerprint density at radius 3 is 2.40 bits per heavy atom. The SMILES string of the molecule is CCCCCCCCCC(NC)C1=CCCCCCC1. The lowest BCUT2D eigenvalue weighted by molar-refractivity contribution is 0.497. The van der Waals surface area contributed by atoms with Gasteiger partial charge in [-0.3, -0.25) is 0 Å². The van der Waals surface area contributed by atoms with Crippen molar-refractivity contribution in [1.82, 2.24) is 5.32 Å². The summed E-state index contributed by atoms with van der Waals surface area (Å²) in [6.45, 7) is 2.29. The standard InChI is InChI=1S/C19H37N/c1-3-4-5-6-7-11-14-17-19(20-2)18-15-12-9-8-10-13-16-18/h15,19-20H,3-14,16-17H2,1-2H3. The molecule has 1 rings (SSSR count). The van der Waals surface area contributed by atoms with E-state index in [9.17, 15) is 0 Å². The van der Waals surface area contributed by atoms with Crippen LogP contribution in [0.15, 0.2) is 11.6 Å². The Kier molecular flexibility index (Phi) is 11.0. The van der Waals surface area contributed by atoms with E-state index in [0.717, 1.165) is 0 Å². The Balaban J connectivity index is 2.17. The molecular weight excluding hydrogens is 242 g/mol. The smallest absolute Gasteiger partial charge is 0.0276 e. The highest BCUT2D eigenvalue weighted by atomic mass is 14.9. The molecular formula is C19H37N. The zero-order valence-electron chi connectivity index (χ0n) is 14.1. The summed E-state index contributed by atoms with van der Waals surface area (Å²) in [7, 11) is 2.14. The van der Waals surface area contributed by atoms with Crippen molar-refractivity contribution in [3.05, 3.63) is 11.6 Å². The Hall–Kier alpha value is -0.300. The Bertz CT molecular complexity index is 244. The van der Waals surface area contributed by atoms with E-state index < -0.39 is 0 Å². The quantitative estimate of drug-likeness (QED) is 0.382. The molecule has 118 valence electrons. The van der Waals surface area contributed by atoms with Gasteiger partial charge in [-0.15, -0.1) is 0 Å². The van der Waals surface area contributed by atoms with E-state index in [2.05, 4.69) is 25.4 Å². The van der Waals surface area contributed by atoms with E-state index in [1.54, 1.807) is 5.57 Å². The molecule has 0 saturated heterocycles. The number of allylic oxidation sites excluding steroid dienone is 1. The van der Waals surface area contributed by atoms with Crippen molar-refractivity contribution < 1.29 is 0 Å². The van der Waals surface area contributed by atoms with Gasteiger partial charge in [-0.2, -0.15) is 0 Å². The number of hydrogen-bond acceptors (Lipinski definition) is 1. The lowest BCUT2D eigenvalue weighted by Gasteiger charge is -2.22. The molecule has 0 radical (unpaired) electrons. The van der Waals surface area contributed by atoms with Gasteiger partial charge in [-0.1, -0.05) is 76.4 Å². The van der Waals surface area contributed by atoms with Gasteiger partial charge in [0.15, 0.2) is 0 Å². The van der Waals surface area contributed by atoms with Crippen LogP contribution in [0.3, 0.4) is 0 Å². The molecule has 0 heterocycles. The highest BCUT2D eigenvalue weighted by Crippen LogP contribution is 2.22. The summed E-state index contributed by atoms with van der Waals surface area (Å²) in [4.78, 5) is 0. The average molecular weight is 280 g/mol. The van der Waals surface area contributed by atoms with Gasteiger partial charge >= 0.3 is 0 Å². The number of likely N-dealkylation sites (N-methyl/N-ethyl adjacent to an activating group) is 1. The number of rotatable bonds is 10. The zero-order valence-corrected chi connectivity index (χ0v) is 14.1. The van der Waals surface area contributed by atoms with Crippen LogP contribution in [0.4, 0.5) is 0 Å². The fraction of sp³-hybridized carbons (Fsp3) is 0.895. The van der Waals surface area contributed by atoms with Crippen molar-refractivity contribution >= 4 is 0 Å². The van der Waals surface area contributed by atoms with Crippen LogP contribution in [0.1, 0.15) is 96.8 Å². The first-order valence-corrected chi connectivity index (χ1v) is 9.24. The Morgan fingerprint density at radius 2 is 1.65 bits per heavy atom. The summed E-state index contributed by atoms with van der Waals surface area (Å²) >= 11 is 0. The molecule has 1 unspecified atom stereocenters.